The lowest BCUT2D eigenvalue weighted by molar-refractivity contribution is -0.137. The summed E-state index contributed by atoms with van der Waals surface area (Å²) in [5.74, 6) is -1.14. The largest absolute Gasteiger partial charge is 0.500 e. The maximum atomic E-state index is 9.40. The minimum absolute atomic E-state index is 0.673. The summed E-state index contributed by atoms with van der Waals surface area (Å²) >= 11 is 0. The fourth-order valence-corrected chi connectivity index (χ4v) is 4.06. The van der Waals surface area contributed by atoms with Crippen LogP contribution in [0, 0.1) is 0 Å². The second kappa shape index (κ2) is 13.7. The second-order valence-electron chi connectivity index (χ2n) is 3.55. The van der Waals surface area contributed by atoms with Gasteiger partial charge in [0.1, 0.15) is 0 Å². The Bertz CT molecular complexity index is 214. The zero-order valence-corrected chi connectivity index (χ0v) is 13.7. The summed E-state index contributed by atoms with van der Waals surface area (Å²) in [6.45, 7) is 11.7. The molecule has 0 aromatic carbocycles. The Hall–Kier alpha value is -0.693. The van der Waals surface area contributed by atoms with Gasteiger partial charge in [-0.1, -0.05) is 19.4 Å². The van der Waals surface area contributed by atoms with Crippen molar-refractivity contribution < 1.29 is 23.2 Å². The van der Waals surface area contributed by atoms with Crippen molar-refractivity contribution in [2.24, 2.45) is 0 Å². The predicted octanol–water partition coefficient (Wildman–Crippen LogP) is 2.96. The van der Waals surface area contributed by atoms with Crippen LogP contribution in [-0.2, 0) is 23.2 Å². The highest BCUT2D eigenvalue weighted by molar-refractivity contribution is 6.60. The van der Waals surface area contributed by atoms with Crippen LogP contribution in [0.1, 0.15) is 41.0 Å². The van der Waals surface area contributed by atoms with Crippen LogP contribution in [0.3, 0.4) is 0 Å². The van der Waals surface area contributed by atoms with Crippen LogP contribution in [0.2, 0.25) is 6.04 Å². The predicted molar refractivity (Wildman–Crippen MR) is 76.2 cm³/mol. The Morgan fingerprint density at radius 3 is 1.58 bits per heavy atom. The molecule has 113 valence electrons. The molecule has 0 saturated carbocycles. The van der Waals surface area contributed by atoms with E-state index in [0.29, 0.717) is 19.8 Å². The van der Waals surface area contributed by atoms with Gasteiger partial charge in [-0.2, -0.15) is 0 Å². The van der Waals surface area contributed by atoms with Crippen LogP contribution in [0.5, 0.6) is 0 Å². The van der Waals surface area contributed by atoms with Crippen molar-refractivity contribution in [3.63, 3.8) is 0 Å². The van der Waals surface area contributed by atoms with E-state index in [-0.39, 0.29) is 0 Å². The average Bonchev–Trinajstić information content (AvgIpc) is 2.31. The van der Waals surface area contributed by atoms with Crippen molar-refractivity contribution >= 4 is 14.8 Å². The topological polar surface area (TPSA) is 64.7 Å². The maximum Gasteiger partial charge on any atom is 0.500 e. The van der Waals surface area contributed by atoms with Gasteiger partial charge in [0.05, 0.1) is 0 Å². The number of hydrogen-bond donors (Lipinski definition) is 0. The summed E-state index contributed by atoms with van der Waals surface area (Å²) in [7, 11) is -2.30. The molecule has 0 atom stereocenters. The van der Waals surface area contributed by atoms with Gasteiger partial charge in [-0.25, -0.2) is 9.90 Å². The Morgan fingerprint density at radius 2 is 1.42 bits per heavy atom. The summed E-state index contributed by atoms with van der Waals surface area (Å²) < 4.78 is 16.9. The van der Waals surface area contributed by atoms with Crippen molar-refractivity contribution in [1.29, 1.82) is 0 Å². The van der Waals surface area contributed by atoms with Gasteiger partial charge in [-0.15, -0.1) is 0 Å². The van der Waals surface area contributed by atoms with Crippen molar-refractivity contribution in [3.05, 3.63) is 12.2 Å². The van der Waals surface area contributed by atoms with Crippen LogP contribution in [0.4, 0.5) is 0 Å². The molecule has 6 heteroatoms. The highest BCUT2D eigenvalue weighted by atomic mass is 28.4. The van der Waals surface area contributed by atoms with Crippen molar-refractivity contribution in [2.75, 3.05) is 19.8 Å². The van der Waals surface area contributed by atoms with Crippen molar-refractivity contribution in [3.8, 4) is 0 Å². The molecule has 0 amide bonds. The highest BCUT2D eigenvalue weighted by Crippen LogP contribution is 2.17. The van der Waals surface area contributed by atoms with Crippen LogP contribution in [0.25, 0.3) is 0 Å². The molecule has 0 N–H and O–H groups in total. The van der Waals surface area contributed by atoms with E-state index in [4.69, 9.17) is 13.3 Å². The minimum atomic E-state index is -2.30. The maximum absolute atomic E-state index is 9.40. The monoisotopic (exact) mass is 291 g/mol. The standard InChI is InChI=1S/C9H22O3Si.C4H5O2/c1-5-9-13(10-6-2,11-7-3)12-8-4;1-2-3-4(5)6/h5-9H2,1-4H3;2-3H,1H3. The minimum Gasteiger partial charge on any atom is -0.374 e. The fourth-order valence-electron chi connectivity index (χ4n) is 1.44. The summed E-state index contributed by atoms with van der Waals surface area (Å²) in [4.78, 5) is 9.40. The third kappa shape index (κ3) is 12.1. The van der Waals surface area contributed by atoms with Gasteiger partial charge >= 0.3 is 14.8 Å². The van der Waals surface area contributed by atoms with E-state index in [1.54, 1.807) is 6.92 Å². The molecule has 0 aromatic rings. The van der Waals surface area contributed by atoms with Crippen LogP contribution in [0.15, 0.2) is 12.2 Å². The molecule has 0 aliphatic heterocycles. The van der Waals surface area contributed by atoms with E-state index in [1.807, 2.05) is 20.8 Å². The number of rotatable bonds is 9. The van der Waals surface area contributed by atoms with Crippen molar-refractivity contribution in [1.82, 2.24) is 0 Å². The molecular weight excluding hydrogens is 264 g/mol. The van der Waals surface area contributed by atoms with Gasteiger partial charge in [0.25, 0.3) is 0 Å². The molecule has 0 fully saturated rings. The normalized spacial score (nSPS) is 11.2. The third-order valence-electron chi connectivity index (χ3n) is 1.95. The Balaban J connectivity index is 0. The van der Waals surface area contributed by atoms with Gasteiger partial charge in [0.15, 0.2) is 0 Å². The van der Waals surface area contributed by atoms with Gasteiger partial charge in [-0.3, -0.25) is 0 Å². The fraction of sp³-hybridized carbons (Fsp3) is 0.769. The number of carbonyl (C=O) groups is 1. The molecule has 0 bridgehead atoms. The van der Waals surface area contributed by atoms with Crippen LogP contribution >= 0.6 is 0 Å². The summed E-state index contributed by atoms with van der Waals surface area (Å²) in [5, 5.41) is 9.40. The molecule has 0 unspecified atom stereocenters. The molecule has 0 heterocycles. The zero-order valence-electron chi connectivity index (χ0n) is 12.7. The third-order valence-corrected chi connectivity index (χ3v) is 5.25. The molecule has 5 nitrogen and oxygen atoms in total. The van der Waals surface area contributed by atoms with Gasteiger partial charge in [0.2, 0.25) is 0 Å². The molecule has 0 rings (SSSR count). The lowest BCUT2D eigenvalue weighted by Crippen LogP contribution is -2.45. The lowest BCUT2D eigenvalue weighted by Gasteiger charge is -2.27. The first-order valence-electron chi connectivity index (χ1n) is 6.77. The first-order chi connectivity index (χ1) is 9.01. The highest BCUT2D eigenvalue weighted by Gasteiger charge is 2.38. The van der Waals surface area contributed by atoms with Crippen molar-refractivity contribution in [2.45, 2.75) is 47.1 Å². The van der Waals surface area contributed by atoms with E-state index in [2.05, 4.69) is 6.92 Å². The van der Waals surface area contributed by atoms with E-state index in [9.17, 15) is 9.90 Å². The van der Waals surface area contributed by atoms with E-state index >= 15 is 0 Å². The van der Waals surface area contributed by atoms with Crippen LogP contribution in [-0.4, -0.2) is 34.6 Å². The quantitative estimate of drug-likeness (QED) is 0.484. The molecule has 0 aromatic heterocycles. The smallest absolute Gasteiger partial charge is 0.374 e. The SMILES string of the molecule is CC=CC([O])=O.CCC[Si](OCC)(OCC)OCC. The number of allylic oxidation sites excluding steroid dienone is 1. The number of hydrogen-bond acceptors (Lipinski definition) is 4. The van der Waals surface area contributed by atoms with E-state index in [0.717, 1.165) is 18.5 Å². The first kappa shape index (κ1) is 20.6. The number of carbonyl (C=O) groups excluding carboxylic acids is 1. The summed E-state index contributed by atoms with van der Waals surface area (Å²) in [6.07, 6.45) is 3.43. The second-order valence-corrected chi connectivity index (χ2v) is 6.28. The lowest BCUT2D eigenvalue weighted by atomic mass is 10.5. The van der Waals surface area contributed by atoms with Crippen LogP contribution < -0.4 is 0 Å². The molecule has 0 saturated heterocycles. The molecule has 19 heavy (non-hydrogen) atoms. The molecule has 1 radical (unpaired) electrons. The van der Waals surface area contributed by atoms with E-state index in [1.165, 1.54) is 6.08 Å². The average molecular weight is 291 g/mol. The van der Waals surface area contributed by atoms with Gasteiger partial charge < -0.3 is 13.3 Å². The molecule has 0 aliphatic carbocycles. The molecule has 0 aliphatic rings. The Kier molecular flexibility index (Phi) is 14.9. The van der Waals surface area contributed by atoms with Gasteiger partial charge in [0, 0.05) is 31.9 Å². The summed E-state index contributed by atoms with van der Waals surface area (Å²) in [6, 6.07) is 0.919. The Labute approximate surface area is 117 Å². The summed E-state index contributed by atoms with van der Waals surface area (Å²) in [5.41, 5.74) is 0. The molecular formula is C13H27O5Si. The van der Waals surface area contributed by atoms with Gasteiger partial charge in [-0.05, 0) is 27.7 Å². The Morgan fingerprint density at radius 1 is 1.00 bits per heavy atom. The van der Waals surface area contributed by atoms with E-state index < -0.39 is 14.8 Å². The zero-order chi connectivity index (χ0) is 15.1. The molecule has 0 spiro atoms. The first-order valence-corrected chi connectivity index (χ1v) is 8.70.